The Morgan fingerprint density at radius 2 is 1.75 bits per heavy atom. The molecule has 1 aliphatic carbocycles. The summed E-state index contributed by atoms with van der Waals surface area (Å²) in [5.41, 5.74) is 5.87. The molecule has 28 heavy (non-hydrogen) atoms. The predicted molar refractivity (Wildman–Crippen MR) is 117 cm³/mol. The van der Waals surface area contributed by atoms with Gasteiger partial charge in [-0.25, -0.2) is 0 Å². The van der Waals surface area contributed by atoms with E-state index in [0.717, 1.165) is 30.6 Å². The van der Waals surface area contributed by atoms with E-state index in [-0.39, 0.29) is 11.9 Å². The second-order valence-corrected chi connectivity index (χ2v) is 8.46. The molecule has 0 heterocycles. The third kappa shape index (κ3) is 4.48. The largest absolute Gasteiger partial charge is 0.345 e. The lowest BCUT2D eigenvalue weighted by molar-refractivity contribution is 0.0932. The number of nitrogens with one attached hydrogen (secondary N) is 1. The topological polar surface area (TPSA) is 29.1 Å². The van der Waals surface area contributed by atoms with Gasteiger partial charge in [-0.05, 0) is 67.1 Å². The first-order valence-electron chi connectivity index (χ1n) is 9.86. The summed E-state index contributed by atoms with van der Waals surface area (Å²) in [6.07, 6.45) is 3.24. The minimum absolute atomic E-state index is 0.0134. The smallest absolute Gasteiger partial charge is 0.251 e. The molecule has 1 atom stereocenters. The Bertz CT molecular complexity index is 947. The maximum absolute atomic E-state index is 12.7. The average Bonchev–Trinajstić information content (AvgIpc) is 2.74. The number of thioether (sulfide) groups is 1. The molecular formula is C25H25NOS. The minimum Gasteiger partial charge on any atom is -0.345 e. The molecule has 0 aliphatic heterocycles. The standard InChI is InChI=1S/C25H25NOS/c1-18-9-15-22(16-10-18)28-17-19-11-13-21(14-12-19)25(27)26-24-8-4-6-20-5-2-3-7-23(20)24/h2-3,5,7,9-16,24H,4,6,8,17H2,1H3,(H,26,27)/t24-/m1/s1. The van der Waals surface area contributed by atoms with Gasteiger partial charge in [-0.1, -0.05) is 54.1 Å². The predicted octanol–water partition coefficient (Wildman–Crippen LogP) is 6.09. The van der Waals surface area contributed by atoms with E-state index in [1.807, 2.05) is 23.9 Å². The minimum atomic E-state index is 0.0134. The van der Waals surface area contributed by atoms with Crippen molar-refractivity contribution in [3.8, 4) is 0 Å². The van der Waals surface area contributed by atoms with Crippen LogP contribution in [0.1, 0.15) is 51.5 Å². The number of aryl methyl sites for hydroxylation is 2. The van der Waals surface area contributed by atoms with Gasteiger partial charge < -0.3 is 5.32 Å². The molecule has 3 aromatic rings. The van der Waals surface area contributed by atoms with Gasteiger partial charge in [-0.15, -0.1) is 11.8 Å². The normalized spacial score (nSPS) is 15.7. The fraction of sp³-hybridized carbons (Fsp3) is 0.240. The van der Waals surface area contributed by atoms with Crippen LogP contribution in [0.4, 0.5) is 0 Å². The van der Waals surface area contributed by atoms with Crippen molar-refractivity contribution < 1.29 is 4.79 Å². The van der Waals surface area contributed by atoms with Gasteiger partial charge in [0.1, 0.15) is 0 Å². The number of fused-ring (bicyclic) bond motifs is 1. The molecule has 0 aromatic heterocycles. The number of hydrogen-bond donors (Lipinski definition) is 1. The lowest BCUT2D eigenvalue weighted by Gasteiger charge is -2.26. The van der Waals surface area contributed by atoms with E-state index in [2.05, 4.69) is 72.9 Å². The van der Waals surface area contributed by atoms with Gasteiger partial charge >= 0.3 is 0 Å². The molecule has 0 fully saturated rings. The van der Waals surface area contributed by atoms with Crippen molar-refractivity contribution in [2.24, 2.45) is 0 Å². The number of benzene rings is 3. The van der Waals surface area contributed by atoms with Gasteiger partial charge in [-0.3, -0.25) is 4.79 Å². The molecule has 2 nitrogen and oxygen atoms in total. The molecule has 1 amide bonds. The van der Waals surface area contributed by atoms with Crippen molar-refractivity contribution in [3.05, 3.63) is 101 Å². The highest BCUT2D eigenvalue weighted by molar-refractivity contribution is 7.98. The summed E-state index contributed by atoms with van der Waals surface area (Å²) in [5, 5.41) is 3.23. The number of carbonyl (C=O) groups is 1. The van der Waals surface area contributed by atoms with Crippen molar-refractivity contribution in [2.75, 3.05) is 0 Å². The summed E-state index contributed by atoms with van der Waals surface area (Å²) in [7, 11) is 0. The summed E-state index contributed by atoms with van der Waals surface area (Å²) in [4.78, 5) is 14.0. The van der Waals surface area contributed by atoms with Gasteiger partial charge in [0.25, 0.3) is 5.91 Å². The monoisotopic (exact) mass is 387 g/mol. The second-order valence-electron chi connectivity index (χ2n) is 7.42. The molecular weight excluding hydrogens is 362 g/mol. The Balaban J connectivity index is 1.37. The third-order valence-electron chi connectivity index (χ3n) is 5.32. The molecule has 0 saturated carbocycles. The van der Waals surface area contributed by atoms with E-state index in [4.69, 9.17) is 0 Å². The first-order chi connectivity index (χ1) is 13.7. The lowest BCUT2D eigenvalue weighted by atomic mass is 9.87. The summed E-state index contributed by atoms with van der Waals surface area (Å²) in [6, 6.07) is 25.2. The van der Waals surface area contributed by atoms with Crippen LogP contribution >= 0.6 is 11.8 Å². The Morgan fingerprint density at radius 1 is 1.00 bits per heavy atom. The molecule has 4 rings (SSSR count). The van der Waals surface area contributed by atoms with Gasteiger partial charge in [0, 0.05) is 16.2 Å². The highest BCUT2D eigenvalue weighted by atomic mass is 32.2. The Labute approximate surface area is 171 Å². The Kier molecular flexibility index (Phi) is 5.82. The zero-order valence-electron chi connectivity index (χ0n) is 16.2. The summed E-state index contributed by atoms with van der Waals surface area (Å²) in [6.45, 7) is 2.10. The summed E-state index contributed by atoms with van der Waals surface area (Å²) >= 11 is 1.82. The van der Waals surface area contributed by atoms with Crippen molar-refractivity contribution >= 4 is 17.7 Å². The molecule has 1 aliphatic rings. The van der Waals surface area contributed by atoms with E-state index in [1.54, 1.807) is 0 Å². The van der Waals surface area contributed by atoms with Crippen LogP contribution in [-0.4, -0.2) is 5.91 Å². The lowest BCUT2D eigenvalue weighted by Crippen LogP contribution is -2.30. The Hall–Kier alpha value is -2.52. The van der Waals surface area contributed by atoms with Crippen molar-refractivity contribution in [2.45, 2.75) is 42.9 Å². The molecule has 0 spiro atoms. The van der Waals surface area contributed by atoms with Crippen molar-refractivity contribution in [1.29, 1.82) is 0 Å². The number of carbonyl (C=O) groups excluding carboxylic acids is 1. The first-order valence-corrected chi connectivity index (χ1v) is 10.8. The van der Waals surface area contributed by atoms with Crippen LogP contribution in [0.15, 0.2) is 77.7 Å². The quantitative estimate of drug-likeness (QED) is 0.536. The van der Waals surface area contributed by atoms with E-state index in [9.17, 15) is 4.79 Å². The van der Waals surface area contributed by atoms with E-state index in [1.165, 1.54) is 27.1 Å². The van der Waals surface area contributed by atoms with E-state index in [0.29, 0.717) is 0 Å². The van der Waals surface area contributed by atoms with Gasteiger partial charge in [0.15, 0.2) is 0 Å². The van der Waals surface area contributed by atoms with E-state index >= 15 is 0 Å². The zero-order chi connectivity index (χ0) is 19.3. The second kappa shape index (κ2) is 8.66. The molecule has 1 N–H and O–H groups in total. The number of amides is 1. The van der Waals surface area contributed by atoms with Crippen molar-refractivity contribution in [1.82, 2.24) is 5.32 Å². The molecule has 0 bridgehead atoms. The molecule has 142 valence electrons. The van der Waals surface area contributed by atoms with Gasteiger partial charge in [0.05, 0.1) is 6.04 Å². The highest BCUT2D eigenvalue weighted by Crippen LogP contribution is 2.30. The third-order valence-corrected chi connectivity index (χ3v) is 6.40. The first kappa shape index (κ1) is 18.8. The van der Waals surface area contributed by atoms with E-state index < -0.39 is 0 Å². The SMILES string of the molecule is Cc1ccc(SCc2ccc(C(=O)N[C@@H]3CCCc4ccccc43)cc2)cc1. The summed E-state index contributed by atoms with van der Waals surface area (Å²) in [5.74, 6) is 0.917. The zero-order valence-corrected chi connectivity index (χ0v) is 17.0. The van der Waals surface area contributed by atoms with Crippen LogP contribution < -0.4 is 5.32 Å². The van der Waals surface area contributed by atoms with Gasteiger partial charge in [0.2, 0.25) is 0 Å². The van der Waals surface area contributed by atoms with Crippen molar-refractivity contribution in [3.63, 3.8) is 0 Å². The highest BCUT2D eigenvalue weighted by Gasteiger charge is 2.21. The fourth-order valence-electron chi connectivity index (χ4n) is 3.70. The molecule has 0 unspecified atom stereocenters. The number of hydrogen-bond acceptors (Lipinski definition) is 2. The van der Waals surface area contributed by atoms with Crippen LogP contribution in [0.25, 0.3) is 0 Å². The molecule has 0 saturated heterocycles. The Morgan fingerprint density at radius 3 is 2.54 bits per heavy atom. The van der Waals surface area contributed by atoms with Crippen LogP contribution in [0.2, 0.25) is 0 Å². The average molecular weight is 388 g/mol. The summed E-state index contributed by atoms with van der Waals surface area (Å²) < 4.78 is 0. The van der Waals surface area contributed by atoms with Gasteiger partial charge in [-0.2, -0.15) is 0 Å². The fourth-order valence-corrected chi connectivity index (χ4v) is 4.55. The van der Waals surface area contributed by atoms with Crippen LogP contribution in [0.3, 0.4) is 0 Å². The molecule has 3 aromatic carbocycles. The molecule has 3 heteroatoms. The maximum Gasteiger partial charge on any atom is 0.251 e. The maximum atomic E-state index is 12.7. The number of rotatable bonds is 5. The van der Waals surface area contributed by atoms with Crippen LogP contribution in [0.5, 0.6) is 0 Å². The molecule has 0 radical (unpaired) electrons. The van der Waals surface area contributed by atoms with Crippen LogP contribution in [0, 0.1) is 6.92 Å². The van der Waals surface area contributed by atoms with Crippen LogP contribution in [-0.2, 0) is 12.2 Å².